The third kappa shape index (κ3) is 4.92. The van der Waals surface area contributed by atoms with Crippen LogP contribution in [0.15, 0.2) is 23.7 Å². The first-order valence-corrected chi connectivity index (χ1v) is 6.97. The van der Waals surface area contributed by atoms with E-state index >= 15 is 0 Å². The Morgan fingerprint density at radius 3 is 2.68 bits per heavy atom. The molecule has 0 unspecified atom stereocenters. The maximum Gasteiger partial charge on any atom is 0.213 e. The summed E-state index contributed by atoms with van der Waals surface area (Å²) in [5.41, 5.74) is 1.86. The second-order valence-corrected chi connectivity index (χ2v) is 5.83. The highest BCUT2D eigenvalue weighted by Crippen LogP contribution is 2.15. The topological polar surface area (TPSA) is 59.9 Å². The van der Waals surface area contributed by atoms with E-state index in [0.717, 1.165) is 24.3 Å². The summed E-state index contributed by atoms with van der Waals surface area (Å²) in [5.74, 6) is 0.653. The zero-order chi connectivity index (χ0) is 13.7. The monoisotopic (exact) mass is 278 g/mol. The number of aromatic nitrogens is 3. The van der Waals surface area contributed by atoms with Crippen molar-refractivity contribution >= 4 is 11.5 Å². The Balaban J connectivity index is 1.81. The van der Waals surface area contributed by atoms with Gasteiger partial charge in [0.1, 0.15) is 5.60 Å². The van der Waals surface area contributed by atoms with Crippen molar-refractivity contribution in [1.82, 2.24) is 19.9 Å². The van der Waals surface area contributed by atoms with Gasteiger partial charge in [0.05, 0.1) is 5.69 Å². The maximum atomic E-state index is 5.67. The molecule has 0 saturated carbocycles. The van der Waals surface area contributed by atoms with Crippen LogP contribution in [-0.2, 0) is 13.1 Å². The molecule has 0 amide bonds. The molecule has 0 fully saturated rings. The number of hydrogen-bond donors (Lipinski definition) is 1. The first kappa shape index (κ1) is 13.9. The third-order valence-corrected chi connectivity index (χ3v) is 2.80. The second-order valence-electron chi connectivity index (χ2n) is 5.22. The summed E-state index contributed by atoms with van der Waals surface area (Å²) in [6.07, 6.45) is 1.83. The molecule has 102 valence electrons. The fourth-order valence-electron chi connectivity index (χ4n) is 1.49. The van der Waals surface area contributed by atoms with E-state index < -0.39 is 0 Å². The molecule has 1 N–H and O–H groups in total. The first-order chi connectivity index (χ1) is 9.03. The van der Waals surface area contributed by atoms with E-state index in [0.29, 0.717) is 5.88 Å². The molecule has 6 heteroatoms. The van der Waals surface area contributed by atoms with Crippen LogP contribution in [0.5, 0.6) is 5.88 Å². The van der Waals surface area contributed by atoms with Crippen molar-refractivity contribution in [3.63, 3.8) is 0 Å². The summed E-state index contributed by atoms with van der Waals surface area (Å²) < 4.78 is 9.49. The Bertz CT molecular complexity index is 490. The number of rotatable bonds is 5. The van der Waals surface area contributed by atoms with Crippen LogP contribution in [0.2, 0.25) is 0 Å². The van der Waals surface area contributed by atoms with Gasteiger partial charge in [-0.15, -0.1) is 5.10 Å². The van der Waals surface area contributed by atoms with E-state index in [2.05, 4.69) is 19.9 Å². The number of hydrogen-bond acceptors (Lipinski definition) is 6. The Labute approximate surface area is 117 Å². The molecule has 0 aliphatic rings. The van der Waals surface area contributed by atoms with Crippen LogP contribution in [0.4, 0.5) is 0 Å². The Morgan fingerprint density at radius 1 is 1.26 bits per heavy atom. The van der Waals surface area contributed by atoms with E-state index in [1.807, 2.05) is 44.5 Å². The van der Waals surface area contributed by atoms with Gasteiger partial charge in [-0.2, -0.15) is 0 Å². The molecule has 0 aromatic carbocycles. The van der Waals surface area contributed by atoms with Gasteiger partial charge in [-0.05, 0) is 37.9 Å². The predicted octanol–water partition coefficient (Wildman–Crippen LogP) is 2.40. The van der Waals surface area contributed by atoms with Gasteiger partial charge in [-0.1, -0.05) is 10.6 Å². The lowest BCUT2D eigenvalue weighted by molar-refractivity contribution is 0.124. The molecule has 0 spiro atoms. The van der Waals surface area contributed by atoms with E-state index in [9.17, 15) is 0 Å². The summed E-state index contributed by atoms with van der Waals surface area (Å²) in [5, 5.41) is 9.20. The number of nitrogens with zero attached hydrogens (tertiary/aromatic N) is 3. The van der Waals surface area contributed by atoms with Gasteiger partial charge in [-0.25, -0.2) is 4.98 Å². The number of pyridine rings is 1. The normalized spacial score (nSPS) is 11.5. The quantitative estimate of drug-likeness (QED) is 0.910. The van der Waals surface area contributed by atoms with Crippen LogP contribution >= 0.6 is 11.5 Å². The largest absolute Gasteiger partial charge is 0.472 e. The standard InChI is InChI=1S/C13H18N4OS/c1-13(2,3)18-12-5-4-10(7-15-12)6-14-8-11-9-19-17-16-11/h4-5,7,9,14H,6,8H2,1-3H3. The Kier molecular flexibility index (Phi) is 4.44. The molecule has 2 heterocycles. The highest BCUT2D eigenvalue weighted by Gasteiger charge is 2.12. The van der Waals surface area contributed by atoms with Gasteiger partial charge in [0.15, 0.2) is 0 Å². The molecule has 0 saturated heterocycles. The molecule has 2 rings (SSSR count). The Hall–Kier alpha value is -1.53. The minimum atomic E-state index is -0.218. The number of nitrogens with one attached hydrogen (secondary N) is 1. The highest BCUT2D eigenvalue weighted by molar-refractivity contribution is 7.03. The van der Waals surface area contributed by atoms with Gasteiger partial charge < -0.3 is 10.1 Å². The third-order valence-electron chi connectivity index (χ3n) is 2.25. The number of ether oxygens (including phenoxy) is 1. The van der Waals surface area contributed by atoms with Crippen LogP contribution < -0.4 is 10.1 Å². The van der Waals surface area contributed by atoms with Crippen LogP contribution in [0.3, 0.4) is 0 Å². The average molecular weight is 278 g/mol. The zero-order valence-corrected chi connectivity index (χ0v) is 12.2. The molecule has 19 heavy (non-hydrogen) atoms. The van der Waals surface area contributed by atoms with Gasteiger partial charge in [0.2, 0.25) is 5.88 Å². The molecule has 2 aromatic heterocycles. The van der Waals surface area contributed by atoms with Crippen LogP contribution in [-0.4, -0.2) is 20.2 Å². The van der Waals surface area contributed by atoms with Crippen LogP contribution in [0.25, 0.3) is 0 Å². The zero-order valence-electron chi connectivity index (χ0n) is 11.4. The molecule has 0 aliphatic heterocycles. The fraction of sp³-hybridized carbons (Fsp3) is 0.462. The summed E-state index contributed by atoms with van der Waals surface area (Å²) in [4.78, 5) is 4.29. The van der Waals surface area contributed by atoms with E-state index in [1.165, 1.54) is 11.5 Å². The molecule has 0 bridgehead atoms. The van der Waals surface area contributed by atoms with E-state index in [4.69, 9.17) is 4.74 Å². The van der Waals surface area contributed by atoms with Crippen LogP contribution in [0.1, 0.15) is 32.0 Å². The van der Waals surface area contributed by atoms with Gasteiger partial charge >= 0.3 is 0 Å². The lowest BCUT2D eigenvalue weighted by Gasteiger charge is -2.20. The van der Waals surface area contributed by atoms with Crippen molar-refractivity contribution in [2.45, 2.75) is 39.5 Å². The average Bonchev–Trinajstić information content (AvgIpc) is 2.82. The van der Waals surface area contributed by atoms with Crippen LogP contribution in [0, 0.1) is 0 Å². The molecule has 0 aliphatic carbocycles. The molecule has 2 aromatic rings. The summed E-state index contributed by atoms with van der Waals surface area (Å²) in [6, 6.07) is 3.91. The van der Waals surface area contributed by atoms with E-state index in [1.54, 1.807) is 0 Å². The molecule has 5 nitrogen and oxygen atoms in total. The van der Waals surface area contributed by atoms with Crippen molar-refractivity contribution in [3.05, 3.63) is 35.0 Å². The lowest BCUT2D eigenvalue weighted by atomic mass is 10.2. The molecular weight excluding hydrogens is 260 g/mol. The fourth-order valence-corrected chi connectivity index (χ4v) is 1.94. The summed E-state index contributed by atoms with van der Waals surface area (Å²) >= 11 is 1.36. The van der Waals surface area contributed by atoms with Crippen molar-refractivity contribution in [2.75, 3.05) is 0 Å². The second kappa shape index (κ2) is 6.08. The minimum absolute atomic E-state index is 0.218. The van der Waals surface area contributed by atoms with Crippen molar-refractivity contribution in [1.29, 1.82) is 0 Å². The Morgan fingerprint density at radius 2 is 2.11 bits per heavy atom. The molecule has 0 radical (unpaired) electrons. The first-order valence-electron chi connectivity index (χ1n) is 6.13. The van der Waals surface area contributed by atoms with Gasteiger partial charge in [0, 0.05) is 30.7 Å². The van der Waals surface area contributed by atoms with Gasteiger partial charge in [0.25, 0.3) is 0 Å². The highest BCUT2D eigenvalue weighted by atomic mass is 32.1. The summed E-state index contributed by atoms with van der Waals surface area (Å²) in [7, 11) is 0. The van der Waals surface area contributed by atoms with Gasteiger partial charge in [-0.3, -0.25) is 0 Å². The smallest absolute Gasteiger partial charge is 0.213 e. The van der Waals surface area contributed by atoms with Crippen molar-refractivity contribution < 1.29 is 4.74 Å². The predicted molar refractivity (Wildman–Crippen MR) is 75.1 cm³/mol. The van der Waals surface area contributed by atoms with E-state index in [-0.39, 0.29) is 5.60 Å². The molecule has 0 atom stereocenters. The lowest BCUT2D eigenvalue weighted by Crippen LogP contribution is -2.23. The minimum Gasteiger partial charge on any atom is -0.472 e. The SMILES string of the molecule is CC(C)(C)Oc1ccc(CNCc2csnn2)cn1. The molecular formula is C13H18N4OS. The summed E-state index contributed by atoms with van der Waals surface area (Å²) in [6.45, 7) is 7.49. The van der Waals surface area contributed by atoms with Crippen molar-refractivity contribution in [3.8, 4) is 5.88 Å². The maximum absolute atomic E-state index is 5.67. The van der Waals surface area contributed by atoms with Crippen molar-refractivity contribution in [2.24, 2.45) is 0 Å².